The number of aliphatic hydroxyl groups is 1. The number of hydrogen-bond acceptors (Lipinski definition) is 6. The highest BCUT2D eigenvalue weighted by Crippen LogP contribution is 2.39. The van der Waals surface area contributed by atoms with Gasteiger partial charge in [-0.2, -0.15) is 0 Å². The normalized spacial score (nSPS) is 14.2. The molecule has 1 aromatic heterocycles. The number of methoxy groups -OCH3 is 1. The maximum Gasteiger partial charge on any atom is 0.136 e. The summed E-state index contributed by atoms with van der Waals surface area (Å²) >= 11 is 0. The minimum absolute atomic E-state index is 0.101. The zero-order chi connectivity index (χ0) is 15.1. The van der Waals surface area contributed by atoms with Crippen molar-refractivity contribution in [3.63, 3.8) is 0 Å². The molecule has 0 spiro atoms. The minimum Gasteiger partial charge on any atom is -0.395 e. The molecule has 1 saturated carbocycles. The van der Waals surface area contributed by atoms with Crippen LogP contribution in [0.25, 0.3) is 0 Å². The van der Waals surface area contributed by atoms with Crippen molar-refractivity contribution in [3.8, 4) is 0 Å². The Morgan fingerprint density at radius 1 is 1.38 bits per heavy atom. The topological polar surface area (TPSA) is 70.5 Å². The van der Waals surface area contributed by atoms with Crippen molar-refractivity contribution >= 4 is 11.6 Å². The molecule has 118 valence electrons. The van der Waals surface area contributed by atoms with Crippen LogP contribution in [0.2, 0.25) is 0 Å². The van der Waals surface area contributed by atoms with Crippen molar-refractivity contribution in [3.05, 3.63) is 11.9 Å². The van der Waals surface area contributed by atoms with Crippen LogP contribution < -0.4 is 10.2 Å². The van der Waals surface area contributed by atoms with Gasteiger partial charge in [0.15, 0.2) is 0 Å². The van der Waals surface area contributed by atoms with Gasteiger partial charge < -0.3 is 20.1 Å². The summed E-state index contributed by atoms with van der Waals surface area (Å²) in [6, 6.07) is 1.97. The summed E-state index contributed by atoms with van der Waals surface area (Å²) in [5, 5.41) is 12.6. The monoisotopic (exact) mass is 294 g/mol. The minimum atomic E-state index is 0.101. The van der Waals surface area contributed by atoms with E-state index >= 15 is 0 Å². The van der Waals surface area contributed by atoms with E-state index in [1.54, 1.807) is 7.11 Å². The number of anilines is 2. The van der Waals surface area contributed by atoms with Crippen molar-refractivity contribution in [2.75, 3.05) is 50.2 Å². The Morgan fingerprint density at radius 3 is 2.81 bits per heavy atom. The van der Waals surface area contributed by atoms with Crippen LogP contribution in [0.4, 0.5) is 11.6 Å². The molecule has 2 rings (SSSR count). The summed E-state index contributed by atoms with van der Waals surface area (Å²) in [5.74, 6) is 3.18. The van der Waals surface area contributed by atoms with Crippen molar-refractivity contribution in [1.29, 1.82) is 0 Å². The molecule has 0 amide bonds. The van der Waals surface area contributed by atoms with Gasteiger partial charge in [0.05, 0.1) is 13.2 Å². The van der Waals surface area contributed by atoms with E-state index in [1.165, 1.54) is 12.8 Å². The molecule has 0 saturated heterocycles. The predicted octanol–water partition coefficient (Wildman–Crippen LogP) is 1.62. The van der Waals surface area contributed by atoms with Crippen LogP contribution in [0.3, 0.4) is 0 Å². The first-order valence-corrected chi connectivity index (χ1v) is 7.76. The number of ether oxygens (including phenoxy) is 1. The van der Waals surface area contributed by atoms with Gasteiger partial charge in [-0.1, -0.05) is 6.92 Å². The molecule has 6 nitrogen and oxygen atoms in total. The van der Waals surface area contributed by atoms with Crippen LogP contribution in [-0.4, -0.2) is 55.0 Å². The largest absolute Gasteiger partial charge is 0.395 e. The molecule has 0 aromatic carbocycles. The SMILES string of the molecule is CCCNc1cc(N(CCO)CCOC)nc(C2CC2)n1. The highest BCUT2D eigenvalue weighted by Gasteiger charge is 2.28. The van der Waals surface area contributed by atoms with Gasteiger partial charge in [0.2, 0.25) is 0 Å². The van der Waals surface area contributed by atoms with Gasteiger partial charge in [0.1, 0.15) is 17.5 Å². The maximum atomic E-state index is 9.26. The van der Waals surface area contributed by atoms with E-state index in [0.29, 0.717) is 25.6 Å². The Kier molecular flexibility index (Phi) is 6.20. The fourth-order valence-electron chi connectivity index (χ4n) is 2.15. The Labute approximate surface area is 126 Å². The van der Waals surface area contributed by atoms with Crippen LogP contribution in [0.1, 0.15) is 37.9 Å². The van der Waals surface area contributed by atoms with Crippen molar-refractivity contribution in [2.45, 2.75) is 32.1 Å². The number of aromatic nitrogens is 2. The molecule has 0 radical (unpaired) electrons. The molecular formula is C15H26N4O2. The fourth-order valence-corrected chi connectivity index (χ4v) is 2.15. The van der Waals surface area contributed by atoms with Gasteiger partial charge in [-0.15, -0.1) is 0 Å². The van der Waals surface area contributed by atoms with E-state index in [9.17, 15) is 5.11 Å². The van der Waals surface area contributed by atoms with Gasteiger partial charge in [-0.25, -0.2) is 9.97 Å². The van der Waals surface area contributed by atoms with E-state index in [-0.39, 0.29) is 6.61 Å². The lowest BCUT2D eigenvalue weighted by atomic mass is 10.3. The molecule has 1 aliphatic rings. The quantitative estimate of drug-likeness (QED) is 0.683. The van der Waals surface area contributed by atoms with Crippen molar-refractivity contribution < 1.29 is 9.84 Å². The average Bonchev–Trinajstić information content (AvgIpc) is 3.34. The predicted molar refractivity (Wildman–Crippen MR) is 84.0 cm³/mol. The van der Waals surface area contributed by atoms with Gasteiger partial charge in [0, 0.05) is 38.7 Å². The van der Waals surface area contributed by atoms with Gasteiger partial charge in [0.25, 0.3) is 0 Å². The Bertz CT molecular complexity index is 438. The van der Waals surface area contributed by atoms with Crippen molar-refractivity contribution in [2.24, 2.45) is 0 Å². The molecule has 0 bridgehead atoms. The first-order chi connectivity index (χ1) is 10.3. The summed E-state index contributed by atoms with van der Waals surface area (Å²) in [7, 11) is 1.68. The van der Waals surface area contributed by atoms with Crippen molar-refractivity contribution in [1.82, 2.24) is 9.97 Å². The molecule has 1 heterocycles. The molecular weight excluding hydrogens is 268 g/mol. The van der Waals surface area contributed by atoms with Crippen LogP contribution in [0, 0.1) is 0 Å². The molecule has 1 aliphatic carbocycles. The Balaban J connectivity index is 2.19. The molecule has 0 atom stereocenters. The van der Waals surface area contributed by atoms with Gasteiger partial charge >= 0.3 is 0 Å². The number of hydrogen-bond donors (Lipinski definition) is 2. The van der Waals surface area contributed by atoms with E-state index < -0.39 is 0 Å². The smallest absolute Gasteiger partial charge is 0.136 e. The standard InChI is InChI=1S/C15H26N4O2/c1-3-6-16-13-11-14(18-15(17-13)12-4-5-12)19(7-9-20)8-10-21-2/h11-12,20H,3-10H2,1-2H3,(H,16,17,18). The highest BCUT2D eigenvalue weighted by molar-refractivity contribution is 5.50. The molecule has 0 aliphatic heterocycles. The molecule has 1 aromatic rings. The van der Waals surface area contributed by atoms with Gasteiger partial charge in [-0.3, -0.25) is 0 Å². The molecule has 2 N–H and O–H groups in total. The Morgan fingerprint density at radius 2 is 2.19 bits per heavy atom. The lowest BCUT2D eigenvalue weighted by molar-refractivity contribution is 0.202. The highest BCUT2D eigenvalue weighted by atomic mass is 16.5. The molecule has 0 unspecified atom stereocenters. The second-order valence-electron chi connectivity index (χ2n) is 5.37. The van der Waals surface area contributed by atoms with E-state index in [0.717, 1.165) is 30.4 Å². The summed E-state index contributed by atoms with van der Waals surface area (Å²) in [5.41, 5.74) is 0. The zero-order valence-electron chi connectivity index (χ0n) is 13.0. The first kappa shape index (κ1) is 16.0. The van der Waals surface area contributed by atoms with Crippen LogP contribution >= 0.6 is 0 Å². The number of aliphatic hydroxyl groups excluding tert-OH is 1. The first-order valence-electron chi connectivity index (χ1n) is 7.76. The van der Waals surface area contributed by atoms with Gasteiger partial charge in [-0.05, 0) is 19.3 Å². The number of rotatable bonds is 10. The summed E-state index contributed by atoms with van der Waals surface area (Å²) in [6.45, 7) is 5.01. The lowest BCUT2D eigenvalue weighted by Crippen LogP contribution is -2.31. The summed E-state index contributed by atoms with van der Waals surface area (Å²) in [6.07, 6.45) is 3.41. The zero-order valence-corrected chi connectivity index (χ0v) is 13.0. The maximum absolute atomic E-state index is 9.26. The molecule has 6 heteroatoms. The van der Waals surface area contributed by atoms with E-state index in [4.69, 9.17) is 4.74 Å². The van der Waals surface area contributed by atoms with Crippen LogP contribution in [0.15, 0.2) is 6.07 Å². The third kappa shape index (κ3) is 4.82. The van der Waals surface area contributed by atoms with Crippen LogP contribution in [0.5, 0.6) is 0 Å². The Hall–Kier alpha value is -1.40. The number of nitrogens with one attached hydrogen (secondary N) is 1. The second kappa shape index (κ2) is 8.14. The number of nitrogens with zero attached hydrogens (tertiary/aromatic N) is 3. The second-order valence-corrected chi connectivity index (χ2v) is 5.37. The molecule has 21 heavy (non-hydrogen) atoms. The fraction of sp³-hybridized carbons (Fsp3) is 0.733. The lowest BCUT2D eigenvalue weighted by Gasteiger charge is -2.23. The molecule has 1 fully saturated rings. The third-order valence-electron chi connectivity index (χ3n) is 3.49. The van der Waals surface area contributed by atoms with Crippen LogP contribution in [-0.2, 0) is 4.74 Å². The summed E-state index contributed by atoms with van der Waals surface area (Å²) in [4.78, 5) is 11.3. The summed E-state index contributed by atoms with van der Waals surface area (Å²) < 4.78 is 5.14. The average molecular weight is 294 g/mol. The van der Waals surface area contributed by atoms with E-state index in [1.807, 2.05) is 11.0 Å². The third-order valence-corrected chi connectivity index (χ3v) is 3.49. The van der Waals surface area contributed by atoms with E-state index in [2.05, 4.69) is 22.2 Å².